The number of hydrogen-bond acceptors (Lipinski definition) is 6. The predicted octanol–water partition coefficient (Wildman–Crippen LogP) is -1.18. The molecule has 0 aromatic carbocycles. The molecule has 0 saturated carbocycles. The van der Waals surface area contributed by atoms with Crippen molar-refractivity contribution < 1.29 is 24.8 Å². The Morgan fingerprint density at radius 1 is 1.56 bits per heavy atom. The fraction of sp³-hybridized carbons (Fsp3) is 1.00. The van der Waals surface area contributed by atoms with Crippen LogP contribution < -0.4 is 5.73 Å². The fourth-order valence-corrected chi connectivity index (χ4v) is 1.11. The van der Waals surface area contributed by atoms with Crippen LogP contribution in [0, 0.1) is 0 Å². The second-order valence-electron chi connectivity index (χ2n) is 4.19. The van der Waals surface area contributed by atoms with Crippen molar-refractivity contribution in [2.24, 2.45) is 5.73 Å². The molecule has 0 radical (unpaired) electrons. The van der Waals surface area contributed by atoms with E-state index in [1.54, 1.807) is 13.8 Å². The van der Waals surface area contributed by atoms with Gasteiger partial charge in [-0.2, -0.15) is 0 Å². The third kappa shape index (κ3) is 6.37. The van der Waals surface area contributed by atoms with Crippen LogP contribution >= 0.6 is 0 Å². The standard InChI is InChI=1S/C6H13NO3.C4H10O2/c7-4(3-8)6-5(9)1-2-10-6;1-4(2,5)6-3/h4-6,8-9H,1-3,7H2;5H,1-3H3. The molecular formula is C10H23NO5. The average molecular weight is 237 g/mol. The molecule has 0 aromatic heterocycles. The first-order valence-electron chi connectivity index (χ1n) is 5.25. The monoisotopic (exact) mass is 237 g/mol. The zero-order chi connectivity index (χ0) is 12.8. The Morgan fingerprint density at radius 3 is 2.31 bits per heavy atom. The normalized spacial score (nSPS) is 27.2. The molecule has 0 bridgehead atoms. The van der Waals surface area contributed by atoms with E-state index in [0.717, 1.165) is 0 Å². The molecule has 1 saturated heterocycles. The van der Waals surface area contributed by atoms with E-state index in [1.807, 2.05) is 0 Å². The summed E-state index contributed by atoms with van der Waals surface area (Å²) in [5.74, 6) is -0.958. The number of rotatable bonds is 3. The Bertz CT molecular complexity index is 183. The molecule has 0 spiro atoms. The summed E-state index contributed by atoms with van der Waals surface area (Å²) in [7, 11) is 1.46. The van der Waals surface area contributed by atoms with E-state index < -0.39 is 17.9 Å². The summed E-state index contributed by atoms with van der Waals surface area (Å²) < 4.78 is 9.58. The molecule has 1 aliphatic heterocycles. The van der Waals surface area contributed by atoms with E-state index in [9.17, 15) is 5.11 Å². The summed E-state index contributed by atoms with van der Waals surface area (Å²) in [4.78, 5) is 0. The molecule has 1 aliphatic rings. The van der Waals surface area contributed by atoms with E-state index in [1.165, 1.54) is 7.11 Å². The van der Waals surface area contributed by atoms with Crippen molar-refractivity contribution >= 4 is 0 Å². The van der Waals surface area contributed by atoms with Crippen molar-refractivity contribution in [2.75, 3.05) is 20.3 Å². The van der Waals surface area contributed by atoms with Crippen molar-refractivity contribution in [3.63, 3.8) is 0 Å². The van der Waals surface area contributed by atoms with Crippen molar-refractivity contribution in [2.45, 2.75) is 44.3 Å². The highest BCUT2D eigenvalue weighted by atomic mass is 16.6. The summed E-state index contributed by atoms with van der Waals surface area (Å²) in [6, 6.07) is -0.447. The molecular weight excluding hydrogens is 214 g/mol. The van der Waals surface area contributed by atoms with E-state index in [-0.39, 0.29) is 12.7 Å². The molecule has 1 fully saturated rings. The lowest BCUT2D eigenvalue weighted by molar-refractivity contribution is -0.155. The molecule has 6 nitrogen and oxygen atoms in total. The number of aliphatic hydroxyl groups is 3. The lowest BCUT2D eigenvalue weighted by Crippen LogP contribution is -2.43. The van der Waals surface area contributed by atoms with E-state index in [2.05, 4.69) is 4.74 Å². The van der Waals surface area contributed by atoms with Crippen LogP contribution in [0.4, 0.5) is 0 Å². The third-order valence-electron chi connectivity index (χ3n) is 2.24. The number of methoxy groups -OCH3 is 1. The Balaban J connectivity index is 0.000000325. The first-order chi connectivity index (χ1) is 7.31. The molecule has 5 N–H and O–H groups in total. The van der Waals surface area contributed by atoms with Gasteiger partial charge in [0.1, 0.15) is 6.10 Å². The van der Waals surface area contributed by atoms with Gasteiger partial charge in [-0.25, -0.2) is 0 Å². The molecule has 16 heavy (non-hydrogen) atoms. The van der Waals surface area contributed by atoms with Crippen molar-refractivity contribution in [1.29, 1.82) is 0 Å². The lowest BCUT2D eigenvalue weighted by Gasteiger charge is -2.18. The second-order valence-corrected chi connectivity index (χ2v) is 4.19. The van der Waals surface area contributed by atoms with E-state index >= 15 is 0 Å². The third-order valence-corrected chi connectivity index (χ3v) is 2.24. The minimum absolute atomic E-state index is 0.137. The maximum Gasteiger partial charge on any atom is 0.159 e. The first kappa shape index (κ1) is 15.8. The highest BCUT2D eigenvalue weighted by Crippen LogP contribution is 2.14. The van der Waals surface area contributed by atoms with Crippen molar-refractivity contribution in [3.8, 4) is 0 Å². The Labute approximate surface area is 96.0 Å². The largest absolute Gasteiger partial charge is 0.395 e. The molecule has 0 aliphatic carbocycles. The summed E-state index contributed by atoms with van der Waals surface area (Å²) >= 11 is 0. The topological polar surface area (TPSA) is 105 Å². The average Bonchev–Trinajstić information content (AvgIpc) is 2.63. The van der Waals surface area contributed by atoms with Gasteiger partial charge in [0.05, 0.1) is 18.8 Å². The number of nitrogens with two attached hydrogens (primary N) is 1. The maximum absolute atomic E-state index is 9.17. The zero-order valence-corrected chi connectivity index (χ0v) is 10.1. The second kappa shape index (κ2) is 7.16. The Morgan fingerprint density at radius 2 is 2.06 bits per heavy atom. The van der Waals surface area contributed by atoms with Gasteiger partial charge in [-0.05, 0) is 20.3 Å². The molecule has 1 rings (SSSR count). The van der Waals surface area contributed by atoms with Gasteiger partial charge in [-0.3, -0.25) is 0 Å². The fourth-order valence-electron chi connectivity index (χ4n) is 1.11. The van der Waals surface area contributed by atoms with Crippen LogP contribution in [0.5, 0.6) is 0 Å². The van der Waals surface area contributed by atoms with Gasteiger partial charge < -0.3 is 30.5 Å². The van der Waals surface area contributed by atoms with E-state index in [0.29, 0.717) is 13.0 Å². The van der Waals surface area contributed by atoms with Gasteiger partial charge in [-0.1, -0.05) is 0 Å². The van der Waals surface area contributed by atoms with Gasteiger partial charge in [0.25, 0.3) is 0 Å². The van der Waals surface area contributed by atoms with Gasteiger partial charge in [0.2, 0.25) is 0 Å². The minimum atomic E-state index is -0.958. The van der Waals surface area contributed by atoms with Crippen molar-refractivity contribution in [1.82, 2.24) is 0 Å². The van der Waals surface area contributed by atoms with Crippen LogP contribution in [0.2, 0.25) is 0 Å². The summed E-state index contributed by atoms with van der Waals surface area (Å²) in [6.07, 6.45) is -0.245. The highest BCUT2D eigenvalue weighted by molar-refractivity contribution is 4.83. The van der Waals surface area contributed by atoms with Crippen LogP contribution in [0.3, 0.4) is 0 Å². The van der Waals surface area contributed by atoms with E-state index in [4.69, 9.17) is 20.7 Å². The van der Waals surface area contributed by atoms with Crippen molar-refractivity contribution in [3.05, 3.63) is 0 Å². The van der Waals surface area contributed by atoms with Crippen LogP contribution in [-0.4, -0.2) is 59.7 Å². The van der Waals surface area contributed by atoms with Crippen LogP contribution in [0.1, 0.15) is 20.3 Å². The zero-order valence-electron chi connectivity index (χ0n) is 10.1. The molecule has 98 valence electrons. The lowest BCUT2D eigenvalue weighted by atomic mass is 10.1. The summed E-state index contributed by atoms with van der Waals surface area (Å²) in [6.45, 7) is 3.56. The minimum Gasteiger partial charge on any atom is -0.395 e. The van der Waals surface area contributed by atoms with Gasteiger partial charge in [0, 0.05) is 13.7 Å². The summed E-state index contributed by atoms with van der Waals surface area (Å²) in [5.41, 5.74) is 5.43. The van der Waals surface area contributed by atoms with Crippen LogP contribution in [-0.2, 0) is 9.47 Å². The van der Waals surface area contributed by atoms with Gasteiger partial charge >= 0.3 is 0 Å². The van der Waals surface area contributed by atoms with Crippen LogP contribution in [0.25, 0.3) is 0 Å². The number of ether oxygens (including phenoxy) is 2. The van der Waals surface area contributed by atoms with Crippen LogP contribution in [0.15, 0.2) is 0 Å². The Hall–Kier alpha value is -0.240. The molecule has 1 heterocycles. The van der Waals surface area contributed by atoms with Gasteiger partial charge in [-0.15, -0.1) is 0 Å². The number of aliphatic hydroxyl groups excluding tert-OH is 2. The molecule has 3 atom stereocenters. The SMILES string of the molecule is COC(C)(C)O.NC(CO)C1OCCC1O. The molecule has 0 aromatic rings. The molecule has 0 amide bonds. The highest BCUT2D eigenvalue weighted by Gasteiger charge is 2.30. The summed E-state index contributed by atoms with van der Waals surface area (Å²) in [5, 5.41) is 26.4. The quantitative estimate of drug-likeness (QED) is 0.460. The Kier molecular flexibility index (Phi) is 7.05. The smallest absolute Gasteiger partial charge is 0.159 e. The predicted molar refractivity (Wildman–Crippen MR) is 58.7 cm³/mol. The maximum atomic E-state index is 9.17. The van der Waals surface area contributed by atoms with Gasteiger partial charge in [0.15, 0.2) is 5.79 Å². The number of hydrogen-bond donors (Lipinski definition) is 4. The first-order valence-corrected chi connectivity index (χ1v) is 5.25. The molecule has 6 heteroatoms. The molecule has 3 unspecified atom stereocenters.